The molecule has 2 aliphatic carbocycles. The van der Waals surface area contributed by atoms with Gasteiger partial charge in [0, 0.05) is 48.1 Å². The Bertz CT molecular complexity index is 2310. The fraction of sp³-hybridized carbons (Fsp3) is 0.390. The Hall–Kier alpha value is -6.65. The third-order valence-electron chi connectivity index (χ3n) is 10.9. The number of aliphatic hydroxyl groups is 3. The summed E-state index contributed by atoms with van der Waals surface area (Å²) in [6.07, 6.45) is -8.62. The van der Waals surface area contributed by atoms with Crippen molar-refractivity contribution in [3.05, 3.63) is 81.4 Å². The number of ketones is 3. The van der Waals surface area contributed by atoms with E-state index in [9.17, 15) is 64.2 Å². The average Bonchev–Trinajstić information content (AvgIpc) is 3.23. The molecule has 3 aliphatic rings. The van der Waals surface area contributed by atoms with Gasteiger partial charge in [0.2, 0.25) is 5.78 Å². The van der Waals surface area contributed by atoms with E-state index in [0.29, 0.717) is 5.56 Å². The number of carbonyl (C=O) groups is 7. The molecule has 21 nitrogen and oxygen atoms in total. The number of aliphatic hydroxyl groups excluding tert-OH is 2. The molecular weight excluding hydrogens is 822 g/mol. The molecule has 10 N–H and O–H groups in total. The summed E-state index contributed by atoms with van der Waals surface area (Å²) in [7, 11) is 1.28. The molecule has 0 spiro atoms. The smallest absolute Gasteiger partial charge is 0.407 e. The lowest BCUT2D eigenvalue weighted by Gasteiger charge is -2.42. The van der Waals surface area contributed by atoms with Gasteiger partial charge in [-0.2, -0.15) is 0 Å². The van der Waals surface area contributed by atoms with Crippen molar-refractivity contribution in [2.24, 2.45) is 0 Å². The Kier molecular flexibility index (Phi) is 13.1. The topological polar surface area (TPSA) is 334 Å². The van der Waals surface area contributed by atoms with Gasteiger partial charge in [0.15, 0.2) is 17.9 Å². The summed E-state index contributed by atoms with van der Waals surface area (Å²) in [4.78, 5) is 88.1. The van der Waals surface area contributed by atoms with Crippen molar-refractivity contribution >= 4 is 47.1 Å². The summed E-state index contributed by atoms with van der Waals surface area (Å²) >= 11 is 0. The van der Waals surface area contributed by atoms with Crippen molar-refractivity contribution in [2.45, 2.75) is 87.9 Å². The van der Waals surface area contributed by atoms with Crippen LogP contribution in [0.3, 0.4) is 0 Å². The molecule has 1 fully saturated rings. The van der Waals surface area contributed by atoms with Crippen LogP contribution in [0.2, 0.25) is 0 Å². The van der Waals surface area contributed by atoms with Crippen LogP contribution >= 0.6 is 0 Å². The molecule has 3 aromatic rings. The number of urea groups is 1. The number of methoxy groups -OCH3 is 1. The van der Waals surface area contributed by atoms with Crippen LogP contribution in [-0.4, -0.2) is 127 Å². The van der Waals surface area contributed by atoms with Gasteiger partial charge in [-0.05, 0) is 37.1 Å². The van der Waals surface area contributed by atoms with E-state index in [-0.39, 0.29) is 53.1 Å². The molecule has 330 valence electrons. The molecule has 7 atom stereocenters. The fourth-order valence-electron chi connectivity index (χ4n) is 7.74. The number of carboxylic acids is 2. The number of hydrogen-bond acceptors (Lipinski definition) is 16. The minimum absolute atomic E-state index is 0.0260. The second-order valence-corrected chi connectivity index (χ2v) is 14.9. The first-order valence-electron chi connectivity index (χ1n) is 19.1. The lowest BCUT2D eigenvalue weighted by Crippen LogP contribution is -2.56. The van der Waals surface area contributed by atoms with E-state index < -0.39 is 132 Å². The second-order valence-electron chi connectivity index (χ2n) is 14.9. The predicted octanol–water partition coefficient (Wildman–Crippen LogP) is 1.41. The average molecular weight is 866 g/mol. The third-order valence-corrected chi connectivity index (χ3v) is 10.9. The maximum absolute atomic E-state index is 13.9. The van der Waals surface area contributed by atoms with Crippen LogP contribution in [-0.2, 0) is 41.6 Å². The van der Waals surface area contributed by atoms with E-state index in [4.69, 9.17) is 24.1 Å². The summed E-state index contributed by atoms with van der Waals surface area (Å²) < 4.78 is 22.7. The molecule has 1 unspecified atom stereocenters. The molecule has 1 heterocycles. The summed E-state index contributed by atoms with van der Waals surface area (Å²) in [5.41, 5.74) is -3.70. The zero-order valence-corrected chi connectivity index (χ0v) is 33.1. The van der Waals surface area contributed by atoms with Crippen molar-refractivity contribution < 1.29 is 88.3 Å². The largest absolute Gasteiger partial charge is 0.507 e. The predicted molar refractivity (Wildman–Crippen MR) is 208 cm³/mol. The Labute approximate surface area is 351 Å². The van der Waals surface area contributed by atoms with Gasteiger partial charge >= 0.3 is 24.1 Å². The zero-order valence-electron chi connectivity index (χ0n) is 33.1. The normalized spacial score (nSPS) is 23.1. The van der Waals surface area contributed by atoms with Gasteiger partial charge in [-0.15, -0.1) is 0 Å². The number of rotatable bonds is 14. The van der Waals surface area contributed by atoms with Crippen molar-refractivity contribution in [3.63, 3.8) is 0 Å². The highest BCUT2D eigenvalue weighted by Crippen LogP contribution is 2.52. The maximum Gasteiger partial charge on any atom is 0.407 e. The Balaban J connectivity index is 1.16. The molecule has 0 aromatic heterocycles. The van der Waals surface area contributed by atoms with E-state index in [1.54, 1.807) is 0 Å². The first kappa shape index (κ1) is 44.9. The number of benzene rings is 3. The van der Waals surface area contributed by atoms with Gasteiger partial charge < -0.3 is 70.6 Å². The first-order valence-corrected chi connectivity index (χ1v) is 19.1. The quantitative estimate of drug-likeness (QED) is 0.0801. The number of carbonyl (C=O) groups excluding carboxylic acids is 5. The second kappa shape index (κ2) is 18.1. The lowest BCUT2D eigenvalue weighted by atomic mass is 9.72. The van der Waals surface area contributed by atoms with Crippen molar-refractivity contribution in [1.29, 1.82) is 0 Å². The van der Waals surface area contributed by atoms with Gasteiger partial charge in [0.1, 0.15) is 48.2 Å². The van der Waals surface area contributed by atoms with Gasteiger partial charge in [0.05, 0.1) is 42.0 Å². The summed E-state index contributed by atoms with van der Waals surface area (Å²) in [5, 5.41) is 80.8. The van der Waals surface area contributed by atoms with Gasteiger partial charge in [0.25, 0.3) is 0 Å². The molecule has 3 amide bonds. The Morgan fingerprint density at radius 2 is 1.66 bits per heavy atom. The number of anilines is 1. The Morgan fingerprint density at radius 1 is 0.968 bits per heavy atom. The van der Waals surface area contributed by atoms with Gasteiger partial charge in [-0.25, -0.2) is 14.4 Å². The molecule has 6 rings (SSSR count). The van der Waals surface area contributed by atoms with Crippen LogP contribution in [0.4, 0.5) is 15.3 Å². The number of amides is 3. The first-order chi connectivity index (χ1) is 29.4. The van der Waals surface area contributed by atoms with Gasteiger partial charge in [-0.3, -0.25) is 19.2 Å². The molecule has 3 aromatic carbocycles. The van der Waals surface area contributed by atoms with E-state index in [1.165, 1.54) is 56.5 Å². The number of aliphatic carboxylic acids is 2. The van der Waals surface area contributed by atoms with Crippen LogP contribution in [0.5, 0.6) is 17.2 Å². The van der Waals surface area contributed by atoms with E-state index in [1.807, 2.05) is 0 Å². The number of Topliss-reactive ketones (excluding diaryl/α,β-unsaturated/α-hetero) is 1. The minimum atomic E-state index is -2.40. The highest BCUT2D eigenvalue weighted by molar-refractivity contribution is 6.31. The number of aromatic hydroxyl groups is 2. The number of ether oxygens (including phenoxy) is 4. The van der Waals surface area contributed by atoms with E-state index in [0.717, 1.165) is 0 Å². The van der Waals surface area contributed by atoms with Crippen molar-refractivity contribution in [1.82, 2.24) is 10.6 Å². The molecule has 1 saturated heterocycles. The van der Waals surface area contributed by atoms with E-state index >= 15 is 0 Å². The fourth-order valence-corrected chi connectivity index (χ4v) is 7.74. The molecule has 62 heavy (non-hydrogen) atoms. The van der Waals surface area contributed by atoms with Crippen LogP contribution in [0.25, 0.3) is 0 Å². The van der Waals surface area contributed by atoms with Crippen LogP contribution in [0.1, 0.15) is 87.2 Å². The van der Waals surface area contributed by atoms with Crippen LogP contribution in [0, 0.1) is 0 Å². The lowest BCUT2D eigenvalue weighted by molar-refractivity contribution is -0.249. The third kappa shape index (κ3) is 9.02. The molecule has 1 aliphatic heterocycles. The number of carboxylic acid groups (broad SMARTS) is 2. The Morgan fingerprint density at radius 3 is 2.31 bits per heavy atom. The summed E-state index contributed by atoms with van der Waals surface area (Å²) in [5.74, 6) is -6.97. The maximum atomic E-state index is 13.9. The van der Waals surface area contributed by atoms with Crippen molar-refractivity contribution in [2.75, 3.05) is 19.0 Å². The van der Waals surface area contributed by atoms with Crippen molar-refractivity contribution in [3.8, 4) is 17.2 Å². The zero-order chi connectivity index (χ0) is 45.2. The highest BCUT2D eigenvalue weighted by Gasteiger charge is 2.50. The minimum Gasteiger partial charge on any atom is -0.507 e. The number of nitrogens with one attached hydrogen (secondary N) is 3. The monoisotopic (exact) mass is 865 g/mol. The molecule has 0 saturated carbocycles. The number of phenols is 2. The molecule has 0 radical (unpaired) electrons. The SMILES string of the molecule is COc1cccc2c1C(=O)c1c(O)c3c(c(O)c1C2=O)C[C@@](O)(C(=O)CO)C[C@@H]3O[C@H]1C[C@H](NC(=O)OCc2ccc(NC(=O)NC(CCC(=O)O)C(=O)O)cc2)[C@H](O)[C@H](C)O1. The van der Waals surface area contributed by atoms with E-state index in [2.05, 4.69) is 16.0 Å². The summed E-state index contributed by atoms with van der Waals surface area (Å²) in [6, 6.07) is 6.64. The standard InChI is InChI=1S/C41H43N3O18/c1-17-33(49)23(44-40(57)60-16-18-6-8-19(9-7-18)42-39(56)43-22(38(54)55)10-11-27(47)48)12-28(61-17)62-25-14-41(58,26(46)15-45)13-21-30(25)37(53)32-31(35(21)51)34(50)20-4-3-5-24(59-2)29(20)36(32)52/h3-9,17,22-23,25,28,33,45,49,51,53,58H,10-16H2,1-2H3,(H,44,57)(H,47,48)(H,54,55)(H2,42,43,56)/t17-,22?,23-,25-,28-,33+,41-/m0/s1. The number of fused-ring (bicyclic) bond motifs is 3. The number of alkyl carbamates (subject to hydrolysis) is 1. The highest BCUT2D eigenvalue weighted by atomic mass is 16.7. The number of phenolic OH excluding ortho intramolecular Hbond substituents is 2. The molecular formula is C41H43N3O18. The van der Waals surface area contributed by atoms with Crippen LogP contribution < -0.4 is 20.7 Å². The molecule has 0 bridgehead atoms. The number of hydrogen-bond donors (Lipinski definition) is 10. The van der Waals surface area contributed by atoms with Crippen LogP contribution in [0.15, 0.2) is 42.5 Å². The van der Waals surface area contributed by atoms with Gasteiger partial charge in [-0.1, -0.05) is 24.3 Å². The molecule has 21 heteroatoms. The summed E-state index contributed by atoms with van der Waals surface area (Å²) in [6.45, 7) is 0.0520.